The summed E-state index contributed by atoms with van der Waals surface area (Å²) in [5.41, 5.74) is 5.37. The second kappa shape index (κ2) is 40.7. The minimum Gasteiger partial charge on any atom is -0.457 e. The van der Waals surface area contributed by atoms with Gasteiger partial charge >= 0.3 is 13.8 Å². The van der Waals surface area contributed by atoms with E-state index in [1.54, 1.807) is 0 Å². The Morgan fingerprint density at radius 3 is 1.24 bits per heavy atom. The maximum atomic E-state index is 12.6. The average Bonchev–Trinajstić information content (AvgIpc) is 3.12. The van der Waals surface area contributed by atoms with E-state index in [1.807, 2.05) is 0 Å². The second-order valence-electron chi connectivity index (χ2n) is 14.9. The molecule has 1 unspecified atom stereocenters. The van der Waals surface area contributed by atoms with Gasteiger partial charge in [0.1, 0.15) is 6.10 Å². The molecule has 0 bridgehead atoms. The van der Waals surface area contributed by atoms with Gasteiger partial charge in [0.2, 0.25) is 0 Å². The van der Waals surface area contributed by atoms with E-state index in [1.165, 1.54) is 173 Å². The van der Waals surface area contributed by atoms with Gasteiger partial charge in [-0.1, -0.05) is 206 Å². The van der Waals surface area contributed by atoms with Gasteiger partial charge in [-0.15, -0.1) is 0 Å². The van der Waals surface area contributed by atoms with E-state index in [0.29, 0.717) is 13.0 Å². The molecule has 0 radical (unpaired) electrons. The van der Waals surface area contributed by atoms with Crippen molar-refractivity contribution in [3.63, 3.8) is 0 Å². The molecule has 306 valence electrons. The summed E-state index contributed by atoms with van der Waals surface area (Å²) in [5, 5.41) is 0. The molecule has 0 heterocycles. The zero-order valence-electron chi connectivity index (χ0n) is 33.9. The predicted octanol–water partition coefficient (Wildman–Crippen LogP) is 12.9. The van der Waals surface area contributed by atoms with Crippen LogP contribution in [0.3, 0.4) is 0 Å². The summed E-state index contributed by atoms with van der Waals surface area (Å²) >= 11 is 0. The SMILES string of the molecule is CCCCCCCCCCCCCCCCCCCCOC[C@H](COP(=O)(O)OCCN)OC(=O)CCCCCCCCCCCCCCCC. The first-order chi connectivity index (χ1) is 24.9. The normalized spacial score (nSPS) is 13.4. The van der Waals surface area contributed by atoms with Gasteiger partial charge in [0.15, 0.2) is 0 Å². The summed E-state index contributed by atoms with van der Waals surface area (Å²) in [6.07, 6.45) is 41.2. The van der Waals surface area contributed by atoms with Crippen molar-refractivity contribution in [2.24, 2.45) is 5.73 Å². The molecule has 51 heavy (non-hydrogen) atoms. The molecule has 2 atom stereocenters. The molecule has 0 aliphatic rings. The van der Waals surface area contributed by atoms with Crippen LogP contribution in [0.1, 0.15) is 226 Å². The van der Waals surface area contributed by atoms with Gasteiger partial charge in [0.05, 0.1) is 19.8 Å². The Bertz CT molecular complexity index is 757. The highest BCUT2D eigenvalue weighted by Gasteiger charge is 2.25. The van der Waals surface area contributed by atoms with Crippen molar-refractivity contribution in [2.45, 2.75) is 232 Å². The van der Waals surface area contributed by atoms with E-state index in [4.69, 9.17) is 24.3 Å². The third kappa shape index (κ3) is 40.5. The largest absolute Gasteiger partial charge is 0.472 e. The number of esters is 1. The standard InChI is InChI=1S/C42H86NO7P/c1-3-5-7-9-11-13-15-17-19-20-21-22-24-26-28-30-32-34-37-47-39-41(40-49-51(45,46)48-38-36-43)50-42(44)35-33-31-29-27-25-23-18-16-14-12-10-8-6-4-2/h41H,3-40,43H2,1-2H3,(H,45,46)/t41-/m1/s1. The minimum absolute atomic E-state index is 0.0901. The maximum absolute atomic E-state index is 12.6. The average molecular weight is 748 g/mol. The van der Waals surface area contributed by atoms with E-state index in [9.17, 15) is 14.3 Å². The number of unbranched alkanes of at least 4 members (excludes halogenated alkanes) is 30. The van der Waals surface area contributed by atoms with E-state index in [-0.39, 0.29) is 32.3 Å². The van der Waals surface area contributed by atoms with Gasteiger partial charge in [-0.3, -0.25) is 13.8 Å². The number of nitrogens with two attached hydrogens (primary N) is 1. The summed E-state index contributed by atoms with van der Waals surface area (Å²) in [6, 6.07) is 0. The first-order valence-corrected chi connectivity index (χ1v) is 23.5. The summed E-state index contributed by atoms with van der Waals surface area (Å²) in [6.45, 7) is 4.98. The fourth-order valence-electron chi connectivity index (χ4n) is 6.53. The Balaban J connectivity index is 3.95. The smallest absolute Gasteiger partial charge is 0.457 e. The summed E-state index contributed by atoms with van der Waals surface area (Å²) < 4.78 is 33.4. The lowest BCUT2D eigenvalue weighted by atomic mass is 10.0. The zero-order chi connectivity index (χ0) is 37.4. The van der Waals surface area contributed by atoms with Crippen LogP contribution in [0.4, 0.5) is 0 Å². The molecular formula is C42H86NO7P. The van der Waals surface area contributed by atoms with Crippen LogP contribution in [0.5, 0.6) is 0 Å². The van der Waals surface area contributed by atoms with Crippen LogP contribution in [0.15, 0.2) is 0 Å². The van der Waals surface area contributed by atoms with Gasteiger partial charge < -0.3 is 20.1 Å². The third-order valence-corrected chi connectivity index (χ3v) is 10.8. The Kier molecular flexibility index (Phi) is 40.3. The zero-order valence-corrected chi connectivity index (χ0v) is 34.8. The lowest BCUT2D eigenvalue weighted by Crippen LogP contribution is -2.28. The lowest BCUT2D eigenvalue weighted by molar-refractivity contribution is -0.154. The molecule has 0 spiro atoms. The van der Waals surface area contributed by atoms with Crippen molar-refractivity contribution < 1.29 is 32.8 Å². The molecule has 0 aliphatic heterocycles. The topological polar surface area (TPSA) is 117 Å². The monoisotopic (exact) mass is 748 g/mol. The molecule has 0 aromatic carbocycles. The molecular weight excluding hydrogens is 661 g/mol. The van der Waals surface area contributed by atoms with E-state index >= 15 is 0 Å². The molecule has 3 N–H and O–H groups in total. The van der Waals surface area contributed by atoms with Gasteiger partial charge in [-0.25, -0.2) is 4.57 Å². The third-order valence-electron chi connectivity index (χ3n) is 9.77. The highest BCUT2D eigenvalue weighted by Crippen LogP contribution is 2.43. The van der Waals surface area contributed by atoms with E-state index in [2.05, 4.69) is 13.8 Å². The van der Waals surface area contributed by atoms with Gasteiger partial charge in [0.25, 0.3) is 0 Å². The van der Waals surface area contributed by atoms with Gasteiger partial charge in [0, 0.05) is 19.6 Å². The summed E-state index contributed by atoms with van der Waals surface area (Å²) in [7, 11) is -4.27. The number of ether oxygens (including phenoxy) is 2. The van der Waals surface area contributed by atoms with Crippen molar-refractivity contribution in [1.29, 1.82) is 0 Å². The molecule has 0 fully saturated rings. The quantitative estimate of drug-likeness (QED) is 0.0360. The van der Waals surface area contributed by atoms with Crippen molar-refractivity contribution >= 4 is 13.8 Å². The van der Waals surface area contributed by atoms with Crippen LogP contribution < -0.4 is 5.73 Å². The molecule has 0 aliphatic carbocycles. The van der Waals surface area contributed by atoms with Crippen LogP contribution in [0.25, 0.3) is 0 Å². The number of rotatable bonds is 43. The Labute approximate surface area is 316 Å². The molecule has 0 saturated heterocycles. The highest BCUT2D eigenvalue weighted by molar-refractivity contribution is 7.47. The molecule has 0 saturated carbocycles. The van der Waals surface area contributed by atoms with Crippen LogP contribution in [0.2, 0.25) is 0 Å². The Hall–Kier alpha value is -0.500. The van der Waals surface area contributed by atoms with Crippen LogP contribution in [0, 0.1) is 0 Å². The van der Waals surface area contributed by atoms with E-state index < -0.39 is 13.9 Å². The fraction of sp³-hybridized carbons (Fsp3) is 0.976. The summed E-state index contributed by atoms with van der Waals surface area (Å²) in [4.78, 5) is 22.5. The number of hydrogen-bond donors (Lipinski definition) is 2. The second-order valence-corrected chi connectivity index (χ2v) is 16.4. The molecule has 0 aromatic heterocycles. The fourth-order valence-corrected chi connectivity index (χ4v) is 7.29. The van der Waals surface area contributed by atoms with Crippen molar-refractivity contribution in [2.75, 3.05) is 33.0 Å². The van der Waals surface area contributed by atoms with Gasteiger partial charge in [-0.2, -0.15) is 0 Å². The van der Waals surface area contributed by atoms with Gasteiger partial charge in [-0.05, 0) is 12.8 Å². The lowest BCUT2D eigenvalue weighted by Gasteiger charge is -2.20. The Morgan fingerprint density at radius 2 is 0.863 bits per heavy atom. The van der Waals surface area contributed by atoms with Crippen molar-refractivity contribution in [3.8, 4) is 0 Å². The van der Waals surface area contributed by atoms with Crippen LogP contribution in [-0.4, -0.2) is 49.9 Å². The summed E-state index contributed by atoms with van der Waals surface area (Å²) in [5.74, 6) is -0.324. The molecule has 8 nitrogen and oxygen atoms in total. The Morgan fingerprint density at radius 1 is 0.510 bits per heavy atom. The van der Waals surface area contributed by atoms with Crippen LogP contribution in [-0.2, 0) is 27.9 Å². The number of hydrogen-bond acceptors (Lipinski definition) is 7. The number of phosphoric acid groups is 1. The van der Waals surface area contributed by atoms with Crippen molar-refractivity contribution in [3.05, 3.63) is 0 Å². The molecule has 0 aromatic rings. The molecule has 9 heteroatoms. The van der Waals surface area contributed by atoms with Crippen molar-refractivity contribution in [1.82, 2.24) is 0 Å². The molecule has 0 amide bonds. The number of phosphoric ester groups is 1. The minimum atomic E-state index is -4.27. The predicted molar refractivity (Wildman–Crippen MR) is 215 cm³/mol. The number of carbonyl (C=O) groups excluding carboxylic acids is 1. The first-order valence-electron chi connectivity index (χ1n) is 22.0. The molecule has 0 rings (SSSR count). The highest BCUT2D eigenvalue weighted by atomic mass is 31.2. The van der Waals surface area contributed by atoms with E-state index in [0.717, 1.165) is 32.1 Å². The maximum Gasteiger partial charge on any atom is 0.472 e. The van der Waals surface area contributed by atoms with Crippen LogP contribution >= 0.6 is 7.82 Å². The number of carbonyl (C=O) groups is 1. The first kappa shape index (κ1) is 50.5.